The molecule has 0 saturated carbocycles. The van der Waals surface area contributed by atoms with Crippen molar-refractivity contribution in [3.8, 4) is 17.0 Å². The van der Waals surface area contributed by atoms with Crippen LogP contribution in [0.25, 0.3) is 22.2 Å². The monoisotopic (exact) mass is 565 g/mol. The number of benzene rings is 3. The van der Waals surface area contributed by atoms with Crippen LogP contribution in [0, 0.1) is 0 Å². The highest BCUT2D eigenvalue weighted by Gasteiger charge is 2.25. The third-order valence-corrected chi connectivity index (χ3v) is 7.68. The summed E-state index contributed by atoms with van der Waals surface area (Å²) in [6.45, 7) is 2.46. The quantitative estimate of drug-likeness (QED) is 0.284. The summed E-state index contributed by atoms with van der Waals surface area (Å²) in [4.78, 5) is 29.3. The fourth-order valence-corrected chi connectivity index (χ4v) is 5.66. The Hall–Kier alpha value is -3.68. The van der Waals surface area contributed by atoms with Gasteiger partial charge in [-0.3, -0.25) is 9.59 Å². The predicted octanol–water partition coefficient (Wildman–Crippen LogP) is 5.99. The minimum absolute atomic E-state index is 0.0675. The Kier molecular flexibility index (Phi) is 8.00. The van der Waals surface area contributed by atoms with Crippen LogP contribution >= 0.6 is 23.2 Å². The van der Waals surface area contributed by atoms with E-state index in [9.17, 15) is 14.7 Å². The zero-order chi connectivity index (χ0) is 27.5. The number of aryl methyl sites for hydroxylation is 1. The first-order valence-electron chi connectivity index (χ1n) is 12.8. The summed E-state index contributed by atoms with van der Waals surface area (Å²) in [5.74, 6) is -0.0612. The molecule has 2 heterocycles. The van der Waals surface area contributed by atoms with Gasteiger partial charge in [0.15, 0.2) is 0 Å². The van der Waals surface area contributed by atoms with Crippen LogP contribution in [-0.2, 0) is 22.6 Å². The number of halogens is 2. The average molecular weight is 566 g/mol. The Morgan fingerprint density at radius 3 is 2.31 bits per heavy atom. The molecule has 1 aliphatic heterocycles. The van der Waals surface area contributed by atoms with E-state index in [1.807, 2.05) is 53.4 Å². The van der Waals surface area contributed by atoms with E-state index in [-0.39, 0.29) is 12.5 Å². The van der Waals surface area contributed by atoms with E-state index in [0.29, 0.717) is 36.0 Å². The number of hydrogen-bond donors (Lipinski definition) is 1. The number of rotatable bonds is 8. The molecule has 1 saturated heterocycles. The van der Waals surface area contributed by atoms with Gasteiger partial charge in [0.2, 0.25) is 5.91 Å². The Morgan fingerprint density at radius 1 is 0.923 bits per heavy atom. The number of ether oxygens (including phenoxy) is 1. The van der Waals surface area contributed by atoms with Crippen LogP contribution in [0.5, 0.6) is 5.75 Å². The standard InChI is InChI=1S/C30H29Cl2N3O4/c1-39-27-5-3-2-4-26(27)33-14-16-34(17-15-33)28(36)13-11-23-24-18-22(32)10-12-25(24)35(19-29(37)38)30(23)20-6-8-21(31)9-7-20/h2-10,12,18H,11,13-17,19H2,1H3,(H,37,38). The van der Waals surface area contributed by atoms with Gasteiger partial charge in [-0.1, -0.05) is 47.5 Å². The van der Waals surface area contributed by atoms with Crippen molar-refractivity contribution in [1.29, 1.82) is 0 Å². The van der Waals surface area contributed by atoms with Crippen molar-refractivity contribution in [2.45, 2.75) is 19.4 Å². The number of methoxy groups -OCH3 is 1. The van der Waals surface area contributed by atoms with Crippen molar-refractivity contribution in [1.82, 2.24) is 9.47 Å². The number of aliphatic carboxylic acids is 1. The van der Waals surface area contributed by atoms with Crippen LogP contribution in [0.15, 0.2) is 66.7 Å². The van der Waals surface area contributed by atoms with Gasteiger partial charge < -0.3 is 24.2 Å². The molecule has 1 aromatic heterocycles. The molecule has 4 aromatic rings. The second-order valence-electron chi connectivity index (χ2n) is 9.52. The van der Waals surface area contributed by atoms with E-state index < -0.39 is 5.97 Å². The molecule has 39 heavy (non-hydrogen) atoms. The van der Waals surface area contributed by atoms with E-state index in [1.165, 1.54) is 0 Å². The van der Waals surface area contributed by atoms with E-state index in [0.717, 1.165) is 52.3 Å². The SMILES string of the molecule is COc1ccccc1N1CCN(C(=O)CCc2c(-c3ccc(Cl)cc3)n(CC(=O)O)c3ccc(Cl)cc23)CC1. The lowest BCUT2D eigenvalue weighted by Crippen LogP contribution is -2.48. The molecule has 3 aromatic carbocycles. The number of para-hydroxylation sites is 2. The first-order chi connectivity index (χ1) is 18.9. The Balaban J connectivity index is 1.39. The second-order valence-corrected chi connectivity index (χ2v) is 10.4. The Labute approximate surface area is 237 Å². The number of carboxylic acid groups (broad SMARTS) is 1. The van der Waals surface area contributed by atoms with Crippen LogP contribution in [0.1, 0.15) is 12.0 Å². The smallest absolute Gasteiger partial charge is 0.323 e. The number of nitrogens with zero attached hydrogens (tertiary/aromatic N) is 3. The highest BCUT2D eigenvalue weighted by atomic mass is 35.5. The molecule has 5 rings (SSSR count). The van der Waals surface area contributed by atoms with Gasteiger partial charge in [0.05, 0.1) is 18.5 Å². The maximum atomic E-state index is 13.4. The minimum atomic E-state index is -0.951. The maximum absolute atomic E-state index is 13.4. The molecule has 9 heteroatoms. The van der Waals surface area contributed by atoms with E-state index >= 15 is 0 Å². The number of hydrogen-bond acceptors (Lipinski definition) is 4. The third kappa shape index (κ3) is 5.70. The van der Waals surface area contributed by atoms with Crippen molar-refractivity contribution in [2.24, 2.45) is 0 Å². The van der Waals surface area contributed by atoms with Crippen LogP contribution < -0.4 is 9.64 Å². The van der Waals surface area contributed by atoms with Gasteiger partial charge in [-0.05, 0) is 60.0 Å². The largest absolute Gasteiger partial charge is 0.495 e. The van der Waals surface area contributed by atoms with Crippen molar-refractivity contribution < 1.29 is 19.4 Å². The number of amides is 1. The number of carboxylic acids is 1. The molecule has 1 N–H and O–H groups in total. The van der Waals surface area contributed by atoms with Crippen molar-refractivity contribution in [3.63, 3.8) is 0 Å². The van der Waals surface area contributed by atoms with E-state index in [4.69, 9.17) is 27.9 Å². The molecule has 0 aliphatic carbocycles. The molecule has 7 nitrogen and oxygen atoms in total. The molecule has 202 valence electrons. The average Bonchev–Trinajstić information content (AvgIpc) is 3.23. The fraction of sp³-hybridized carbons (Fsp3) is 0.267. The highest BCUT2D eigenvalue weighted by Crippen LogP contribution is 2.37. The van der Waals surface area contributed by atoms with E-state index in [2.05, 4.69) is 4.90 Å². The Bertz CT molecular complexity index is 1510. The van der Waals surface area contributed by atoms with Crippen LogP contribution in [0.4, 0.5) is 5.69 Å². The van der Waals surface area contributed by atoms with Gasteiger partial charge in [-0.15, -0.1) is 0 Å². The van der Waals surface area contributed by atoms with Gasteiger partial charge in [-0.2, -0.15) is 0 Å². The number of carbonyl (C=O) groups is 2. The molecule has 0 bridgehead atoms. The zero-order valence-corrected chi connectivity index (χ0v) is 23.1. The van der Waals surface area contributed by atoms with Crippen molar-refractivity contribution in [2.75, 3.05) is 38.2 Å². The summed E-state index contributed by atoms with van der Waals surface area (Å²) in [7, 11) is 1.66. The van der Waals surface area contributed by atoms with Gasteiger partial charge in [0.25, 0.3) is 0 Å². The number of aromatic nitrogens is 1. The van der Waals surface area contributed by atoms with Crippen LogP contribution in [0.2, 0.25) is 10.0 Å². The lowest BCUT2D eigenvalue weighted by molar-refractivity contribution is -0.137. The zero-order valence-electron chi connectivity index (χ0n) is 21.6. The molecular formula is C30H29Cl2N3O4. The van der Waals surface area contributed by atoms with Crippen LogP contribution in [-0.4, -0.2) is 59.7 Å². The minimum Gasteiger partial charge on any atom is -0.495 e. The molecule has 0 atom stereocenters. The topological polar surface area (TPSA) is 75.0 Å². The lowest BCUT2D eigenvalue weighted by Gasteiger charge is -2.36. The lowest BCUT2D eigenvalue weighted by atomic mass is 10.0. The molecular weight excluding hydrogens is 537 g/mol. The van der Waals surface area contributed by atoms with E-state index in [1.54, 1.807) is 29.9 Å². The molecule has 0 unspecified atom stereocenters. The molecule has 1 amide bonds. The highest BCUT2D eigenvalue weighted by molar-refractivity contribution is 6.31. The van der Waals surface area contributed by atoms with Crippen molar-refractivity contribution >= 4 is 51.7 Å². The van der Waals surface area contributed by atoms with Gasteiger partial charge in [0, 0.05) is 53.5 Å². The number of carbonyl (C=O) groups excluding carboxylic acids is 1. The maximum Gasteiger partial charge on any atom is 0.323 e. The fourth-order valence-electron chi connectivity index (χ4n) is 5.36. The molecule has 1 fully saturated rings. The summed E-state index contributed by atoms with van der Waals surface area (Å²) >= 11 is 12.5. The molecule has 1 aliphatic rings. The molecule has 0 spiro atoms. The summed E-state index contributed by atoms with van der Waals surface area (Å²) in [6, 6.07) is 20.7. The molecule has 0 radical (unpaired) electrons. The predicted molar refractivity (Wildman–Crippen MR) is 155 cm³/mol. The van der Waals surface area contributed by atoms with Gasteiger partial charge in [-0.25, -0.2) is 0 Å². The first-order valence-corrected chi connectivity index (χ1v) is 13.6. The second kappa shape index (κ2) is 11.6. The number of fused-ring (bicyclic) bond motifs is 1. The number of anilines is 1. The summed E-state index contributed by atoms with van der Waals surface area (Å²) in [5, 5.41) is 11.7. The summed E-state index contributed by atoms with van der Waals surface area (Å²) in [5.41, 5.74) is 4.29. The van der Waals surface area contributed by atoms with Gasteiger partial charge in [0.1, 0.15) is 12.3 Å². The van der Waals surface area contributed by atoms with Crippen LogP contribution in [0.3, 0.4) is 0 Å². The Morgan fingerprint density at radius 2 is 1.62 bits per heavy atom. The summed E-state index contributed by atoms with van der Waals surface area (Å²) < 4.78 is 7.29. The van der Waals surface area contributed by atoms with Gasteiger partial charge >= 0.3 is 5.97 Å². The summed E-state index contributed by atoms with van der Waals surface area (Å²) in [6.07, 6.45) is 0.751. The van der Waals surface area contributed by atoms with Crippen molar-refractivity contribution in [3.05, 3.63) is 82.3 Å². The third-order valence-electron chi connectivity index (χ3n) is 7.19. The first kappa shape index (κ1) is 26.9. The normalized spacial score (nSPS) is 13.6. The number of piperazine rings is 1.